The van der Waals surface area contributed by atoms with E-state index in [2.05, 4.69) is 29.4 Å². The summed E-state index contributed by atoms with van der Waals surface area (Å²) < 4.78 is 5.50. The molecular weight excluding hydrogens is 382 g/mol. The van der Waals surface area contributed by atoms with E-state index < -0.39 is 11.0 Å². The zero-order chi connectivity index (χ0) is 19.2. The number of ether oxygens (including phenoxy) is 1. The molecule has 2 atom stereocenters. The Morgan fingerprint density at radius 3 is 2.64 bits per heavy atom. The lowest BCUT2D eigenvalue weighted by Crippen LogP contribution is -3.00. The quantitative estimate of drug-likeness (QED) is 0.314. The number of non-ortho nitro benzene ring substituents is 1. The number of quaternary nitrogens is 1. The van der Waals surface area contributed by atoms with Crippen LogP contribution in [0.4, 0.5) is 5.69 Å². The highest BCUT2D eigenvalue weighted by atomic mass is 35.5. The summed E-state index contributed by atoms with van der Waals surface area (Å²) in [6, 6.07) is 14.4. The van der Waals surface area contributed by atoms with Crippen molar-refractivity contribution >= 4 is 16.6 Å². The summed E-state index contributed by atoms with van der Waals surface area (Å²) in [4.78, 5) is 13.5. The summed E-state index contributed by atoms with van der Waals surface area (Å²) >= 11 is 0. The van der Waals surface area contributed by atoms with Crippen molar-refractivity contribution in [3.8, 4) is 5.75 Å². The summed E-state index contributed by atoms with van der Waals surface area (Å²) in [5.74, 6) is 0.506. The molecule has 0 spiro atoms. The predicted octanol–water partition coefficient (Wildman–Crippen LogP) is -0.986. The van der Waals surface area contributed by atoms with Crippen molar-refractivity contribution in [1.29, 1.82) is 0 Å². The number of aliphatic hydroxyl groups excluding tert-OH is 1. The van der Waals surface area contributed by atoms with Crippen LogP contribution in [0.25, 0.3) is 10.9 Å². The van der Waals surface area contributed by atoms with Gasteiger partial charge in [0.2, 0.25) is 0 Å². The van der Waals surface area contributed by atoms with E-state index in [0.29, 0.717) is 18.3 Å². The van der Waals surface area contributed by atoms with Crippen molar-refractivity contribution in [2.45, 2.75) is 25.5 Å². The van der Waals surface area contributed by atoms with Gasteiger partial charge in [-0.05, 0) is 30.7 Å². The van der Waals surface area contributed by atoms with Crippen LogP contribution in [0.5, 0.6) is 5.75 Å². The standard InChI is InChI=1S/C20H23N3O4.ClH/c1-14(10-15-11-22-20-5-3-2-4-19(15)20)21-12-17(24)13-27-18-8-6-16(7-9-18)23(25)26;/h2-9,11,14,17,21-22,24H,10,12-13H2,1H3;1H. The van der Waals surface area contributed by atoms with Gasteiger partial charge in [-0.3, -0.25) is 10.1 Å². The molecule has 0 fully saturated rings. The number of nitro benzene ring substituents is 1. The van der Waals surface area contributed by atoms with Crippen LogP contribution in [-0.2, 0) is 6.42 Å². The highest BCUT2D eigenvalue weighted by molar-refractivity contribution is 5.83. The Morgan fingerprint density at radius 2 is 1.93 bits per heavy atom. The summed E-state index contributed by atoms with van der Waals surface area (Å²) in [5, 5.41) is 24.1. The van der Waals surface area contributed by atoms with Crippen molar-refractivity contribution in [3.63, 3.8) is 0 Å². The van der Waals surface area contributed by atoms with Gasteiger partial charge in [0.15, 0.2) is 0 Å². The number of H-pyrrole nitrogens is 1. The Labute approximate surface area is 169 Å². The maximum atomic E-state index is 10.6. The Kier molecular flexibility index (Phi) is 7.80. The molecule has 28 heavy (non-hydrogen) atoms. The Hall–Kier alpha value is -2.61. The molecule has 0 saturated heterocycles. The van der Waals surface area contributed by atoms with Gasteiger partial charge in [0.25, 0.3) is 5.69 Å². The number of aromatic amines is 1. The van der Waals surface area contributed by atoms with Crippen LogP contribution in [0.1, 0.15) is 12.5 Å². The second kappa shape index (κ2) is 10.1. The van der Waals surface area contributed by atoms with Gasteiger partial charge < -0.3 is 32.6 Å². The lowest BCUT2D eigenvalue weighted by molar-refractivity contribution is -0.691. The van der Waals surface area contributed by atoms with Gasteiger partial charge in [0.05, 0.1) is 11.0 Å². The van der Waals surface area contributed by atoms with Gasteiger partial charge in [-0.25, -0.2) is 0 Å². The average Bonchev–Trinajstić information content (AvgIpc) is 3.08. The van der Waals surface area contributed by atoms with Crippen LogP contribution in [0.3, 0.4) is 0 Å². The van der Waals surface area contributed by atoms with Gasteiger partial charge >= 0.3 is 0 Å². The number of nitrogens with zero attached hydrogens (tertiary/aromatic N) is 1. The second-order valence-corrected chi connectivity index (χ2v) is 6.73. The molecule has 8 heteroatoms. The first-order chi connectivity index (χ1) is 13.0. The Morgan fingerprint density at radius 1 is 1.21 bits per heavy atom. The van der Waals surface area contributed by atoms with E-state index >= 15 is 0 Å². The van der Waals surface area contributed by atoms with Gasteiger partial charge in [-0.1, -0.05) is 18.2 Å². The molecule has 3 rings (SSSR count). The number of nitrogens with two attached hydrogens (primary N) is 1. The van der Waals surface area contributed by atoms with E-state index in [1.54, 1.807) is 0 Å². The second-order valence-electron chi connectivity index (χ2n) is 6.73. The van der Waals surface area contributed by atoms with E-state index in [4.69, 9.17) is 4.74 Å². The molecule has 0 aliphatic heterocycles. The normalized spacial score (nSPS) is 12.9. The Balaban J connectivity index is 0.00000280. The maximum absolute atomic E-state index is 10.6. The van der Waals surface area contributed by atoms with E-state index in [1.807, 2.05) is 18.3 Å². The number of nitrogens with one attached hydrogen (secondary N) is 1. The van der Waals surface area contributed by atoms with Crippen molar-refractivity contribution in [3.05, 3.63) is 70.4 Å². The number of benzene rings is 2. The lowest BCUT2D eigenvalue weighted by Gasteiger charge is -2.15. The van der Waals surface area contributed by atoms with Gasteiger partial charge in [-0.15, -0.1) is 0 Å². The third-order valence-corrected chi connectivity index (χ3v) is 4.52. The SMILES string of the molecule is CC(Cc1c[nH]c2ccccc12)[NH2+]CC(O)COc1ccc([N+](=O)[O-])cc1.[Cl-]. The van der Waals surface area contributed by atoms with E-state index in [1.165, 1.54) is 35.2 Å². The van der Waals surface area contributed by atoms with E-state index in [9.17, 15) is 15.2 Å². The minimum atomic E-state index is -0.620. The molecule has 0 bridgehead atoms. The number of fused-ring (bicyclic) bond motifs is 1. The zero-order valence-electron chi connectivity index (χ0n) is 15.5. The topological polar surface area (TPSA) is 105 Å². The summed E-state index contributed by atoms with van der Waals surface area (Å²) in [6.07, 6.45) is 2.33. The molecule has 0 saturated carbocycles. The third-order valence-electron chi connectivity index (χ3n) is 4.52. The number of hydrogen-bond acceptors (Lipinski definition) is 4. The summed E-state index contributed by atoms with van der Waals surface area (Å²) in [7, 11) is 0. The van der Waals surface area contributed by atoms with Crippen LogP contribution in [0.2, 0.25) is 0 Å². The molecule has 1 heterocycles. The van der Waals surface area contributed by atoms with Gasteiger partial charge in [-0.2, -0.15) is 0 Å². The minimum Gasteiger partial charge on any atom is -1.00 e. The van der Waals surface area contributed by atoms with Crippen LogP contribution < -0.4 is 22.5 Å². The fraction of sp³-hybridized carbons (Fsp3) is 0.300. The largest absolute Gasteiger partial charge is 1.00 e. The van der Waals surface area contributed by atoms with Crippen molar-refractivity contribution < 1.29 is 32.5 Å². The van der Waals surface area contributed by atoms with Crippen LogP contribution in [0.15, 0.2) is 54.7 Å². The number of para-hydroxylation sites is 1. The molecule has 0 radical (unpaired) electrons. The van der Waals surface area contributed by atoms with Crippen LogP contribution in [0, 0.1) is 10.1 Å². The molecular formula is C20H24ClN3O4. The van der Waals surface area contributed by atoms with Gasteiger partial charge in [0, 0.05) is 35.7 Å². The summed E-state index contributed by atoms with van der Waals surface area (Å²) in [5.41, 5.74) is 2.42. The number of aromatic nitrogens is 1. The number of hydrogen-bond donors (Lipinski definition) is 3. The highest BCUT2D eigenvalue weighted by Crippen LogP contribution is 2.19. The van der Waals surface area contributed by atoms with Crippen LogP contribution in [-0.4, -0.2) is 40.3 Å². The van der Waals surface area contributed by atoms with Crippen molar-refractivity contribution in [2.24, 2.45) is 0 Å². The fourth-order valence-electron chi connectivity index (χ4n) is 3.04. The van der Waals surface area contributed by atoms with E-state index in [0.717, 1.165) is 11.9 Å². The van der Waals surface area contributed by atoms with Gasteiger partial charge in [0.1, 0.15) is 25.0 Å². The molecule has 2 aromatic carbocycles. The van der Waals surface area contributed by atoms with Crippen molar-refractivity contribution in [1.82, 2.24) is 4.98 Å². The molecule has 0 aliphatic rings. The first kappa shape index (κ1) is 21.7. The smallest absolute Gasteiger partial charge is 0.269 e. The van der Waals surface area contributed by atoms with E-state index in [-0.39, 0.29) is 24.7 Å². The fourth-order valence-corrected chi connectivity index (χ4v) is 3.04. The predicted molar refractivity (Wildman–Crippen MR) is 103 cm³/mol. The zero-order valence-corrected chi connectivity index (χ0v) is 16.3. The maximum Gasteiger partial charge on any atom is 0.269 e. The van der Waals surface area contributed by atoms with Crippen molar-refractivity contribution in [2.75, 3.05) is 13.2 Å². The number of halogens is 1. The van der Waals surface area contributed by atoms with Crippen LogP contribution >= 0.6 is 0 Å². The molecule has 7 nitrogen and oxygen atoms in total. The molecule has 0 aliphatic carbocycles. The molecule has 150 valence electrons. The minimum absolute atomic E-state index is 0. The average molecular weight is 406 g/mol. The molecule has 2 unspecified atom stereocenters. The third kappa shape index (κ3) is 5.69. The molecule has 4 N–H and O–H groups in total. The highest BCUT2D eigenvalue weighted by Gasteiger charge is 2.14. The molecule has 0 amide bonds. The lowest BCUT2D eigenvalue weighted by atomic mass is 10.1. The number of aliphatic hydroxyl groups is 1. The number of nitro groups is 1. The Bertz CT molecular complexity index is 898. The number of rotatable bonds is 9. The molecule has 1 aromatic heterocycles. The molecule has 3 aromatic rings. The first-order valence-corrected chi connectivity index (χ1v) is 8.96. The first-order valence-electron chi connectivity index (χ1n) is 8.96. The monoisotopic (exact) mass is 405 g/mol. The summed E-state index contributed by atoms with van der Waals surface area (Å²) in [6.45, 7) is 2.80.